The summed E-state index contributed by atoms with van der Waals surface area (Å²) in [4.78, 5) is 38.5. The largest absolute Gasteiger partial charge is 0.462 e. The summed E-state index contributed by atoms with van der Waals surface area (Å²) in [6, 6.07) is 0. The molecule has 0 spiro atoms. The van der Waals surface area contributed by atoms with E-state index >= 15 is 0 Å². The summed E-state index contributed by atoms with van der Waals surface area (Å²) < 4.78 is 17.0. The molecule has 1 unspecified atom stereocenters. The number of hydrogen-bond acceptors (Lipinski definition) is 6. The van der Waals surface area contributed by atoms with Crippen molar-refractivity contribution in [2.75, 3.05) is 13.2 Å². The lowest BCUT2D eigenvalue weighted by atomic mass is 10.0. The molecule has 6 nitrogen and oxygen atoms in total. The van der Waals surface area contributed by atoms with Crippen LogP contribution in [0.3, 0.4) is 0 Å². The van der Waals surface area contributed by atoms with E-state index in [1.54, 1.807) is 0 Å². The molecule has 0 bridgehead atoms. The van der Waals surface area contributed by atoms with E-state index in [0.29, 0.717) is 19.3 Å². The second-order valence-corrected chi connectivity index (χ2v) is 25.2. The quantitative estimate of drug-likeness (QED) is 0.0261. The molecule has 0 saturated carbocycles. The number of esters is 3. The first-order chi connectivity index (χ1) is 41.0. The van der Waals surface area contributed by atoms with Gasteiger partial charge in [-0.25, -0.2) is 0 Å². The SMILES string of the molecule is CC/C=C\C/C=C\C/C=C\CCCCCCCCCC(=O)OC(COC(=O)CCCCCCCCCCCCCCCCCCC)COC(=O)CCCCCCCCCCCCCCCCCCCCC/C=C\CCCCCCCCCC. The molecule has 0 heterocycles. The van der Waals surface area contributed by atoms with Gasteiger partial charge in [-0.15, -0.1) is 0 Å². The van der Waals surface area contributed by atoms with Crippen LogP contribution in [0, 0.1) is 0 Å². The summed E-state index contributed by atoms with van der Waals surface area (Å²) in [5.41, 5.74) is 0. The molecule has 1 atom stereocenters. The molecule has 0 aromatic carbocycles. The molecule has 0 amide bonds. The molecule has 6 heteroatoms. The van der Waals surface area contributed by atoms with Gasteiger partial charge in [0, 0.05) is 19.3 Å². The van der Waals surface area contributed by atoms with Gasteiger partial charge in [-0.1, -0.05) is 358 Å². The second-order valence-electron chi connectivity index (χ2n) is 25.2. The molecule has 486 valence electrons. The summed E-state index contributed by atoms with van der Waals surface area (Å²) >= 11 is 0. The predicted molar refractivity (Wildman–Crippen MR) is 362 cm³/mol. The van der Waals surface area contributed by atoms with Crippen LogP contribution in [0.5, 0.6) is 0 Å². The third-order valence-corrected chi connectivity index (χ3v) is 16.8. The van der Waals surface area contributed by atoms with Gasteiger partial charge >= 0.3 is 17.9 Å². The number of ether oxygens (including phenoxy) is 3. The maximum Gasteiger partial charge on any atom is 0.306 e. The molecule has 0 N–H and O–H groups in total. The third kappa shape index (κ3) is 70.0. The molecule has 0 fully saturated rings. The summed E-state index contributed by atoms with van der Waals surface area (Å²) in [6.07, 6.45) is 91.6. The first-order valence-electron chi connectivity index (χ1n) is 37.1. The molecule has 0 aromatic rings. The zero-order chi connectivity index (χ0) is 59.9. The first-order valence-corrected chi connectivity index (χ1v) is 37.1. The van der Waals surface area contributed by atoms with Crippen LogP contribution < -0.4 is 0 Å². The Morgan fingerprint density at radius 3 is 0.747 bits per heavy atom. The molecule has 0 rings (SSSR count). The van der Waals surface area contributed by atoms with Crippen LogP contribution in [0.4, 0.5) is 0 Å². The predicted octanol–water partition coefficient (Wildman–Crippen LogP) is 25.7. The lowest BCUT2D eigenvalue weighted by Crippen LogP contribution is -2.30. The van der Waals surface area contributed by atoms with Gasteiger partial charge in [-0.05, 0) is 77.0 Å². The van der Waals surface area contributed by atoms with Crippen molar-refractivity contribution in [3.8, 4) is 0 Å². The Hall–Kier alpha value is -2.63. The number of rotatable bonds is 69. The fourth-order valence-corrected chi connectivity index (χ4v) is 11.3. The highest BCUT2D eigenvalue weighted by Gasteiger charge is 2.20. The molecule has 0 saturated heterocycles. The Morgan fingerprint density at radius 2 is 0.470 bits per heavy atom. The van der Waals surface area contributed by atoms with E-state index < -0.39 is 6.10 Å². The van der Waals surface area contributed by atoms with Gasteiger partial charge in [0.1, 0.15) is 13.2 Å². The second kappa shape index (κ2) is 71.8. The zero-order valence-electron chi connectivity index (χ0n) is 56.0. The molecular formula is C77H142O6. The highest BCUT2D eigenvalue weighted by atomic mass is 16.6. The van der Waals surface area contributed by atoms with Crippen molar-refractivity contribution in [1.82, 2.24) is 0 Å². The van der Waals surface area contributed by atoms with Crippen molar-refractivity contribution in [1.29, 1.82) is 0 Å². The number of carbonyl (C=O) groups excluding carboxylic acids is 3. The average molecular weight is 1160 g/mol. The van der Waals surface area contributed by atoms with E-state index in [4.69, 9.17) is 14.2 Å². The van der Waals surface area contributed by atoms with E-state index in [1.165, 1.54) is 283 Å². The first kappa shape index (κ1) is 80.4. The minimum absolute atomic E-state index is 0.0718. The fraction of sp³-hybridized carbons (Fsp3) is 0.857. The van der Waals surface area contributed by atoms with Crippen LogP contribution in [-0.4, -0.2) is 37.2 Å². The van der Waals surface area contributed by atoms with Gasteiger partial charge in [-0.3, -0.25) is 14.4 Å². The lowest BCUT2D eigenvalue weighted by molar-refractivity contribution is -0.167. The minimum Gasteiger partial charge on any atom is -0.462 e. The Morgan fingerprint density at radius 1 is 0.253 bits per heavy atom. The summed E-state index contributed by atoms with van der Waals surface area (Å²) in [7, 11) is 0. The van der Waals surface area contributed by atoms with Crippen LogP contribution in [0.2, 0.25) is 0 Å². The van der Waals surface area contributed by atoms with E-state index in [0.717, 1.165) is 83.5 Å². The van der Waals surface area contributed by atoms with Crippen LogP contribution >= 0.6 is 0 Å². The van der Waals surface area contributed by atoms with Crippen molar-refractivity contribution in [2.45, 2.75) is 412 Å². The van der Waals surface area contributed by atoms with Crippen molar-refractivity contribution in [2.24, 2.45) is 0 Å². The Balaban J connectivity index is 4.19. The average Bonchev–Trinajstić information content (AvgIpc) is 3.50. The van der Waals surface area contributed by atoms with Crippen LogP contribution in [0.25, 0.3) is 0 Å². The van der Waals surface area contributed by atoms with Gasteiger partial charge in [0.15, 0.2) is 6.10 Å². The smallest absolute Gasteiger partial charge is 0.306 e. The molecule has 0 aliphatic heterocycles. The summed E-state index contributed by atoms with van der Waals surface area (Å²) in [5.74, 6) is -0.852. The number of carbonyl (C=O) groups is 3. The number of unbranched alkanes of at least 4 members (excludes halogenated alkanes) is 50. The summed E-state index contributed by atoms with van der Waals surface area (Å²) in [5, 5.41) is 0. The fourth-order valence-electron chi connectivity index (χ4n) is 11.3. The highest BCUT2D eigenvalue weighted by molar-refractivity contribution is 5.71. The van der Waals surface area contributed by atoms with Gasteiger partial charge in [0.25, 0.3) is 0 Å². The summed E-state index contributed by atoms with van der Waals surface area (Å²) in [6.45, 7) is 6.60. The van der Waals surface area contributed by atoms with E-state index in [-0.39, 0.29) is 31.1 Å². The van der Waals surface area contributed by atoms with Crippen molar-refractivity contribution in [3.63, 3.8) is 0 Å². The van der Waals surface area contributed by atoms with Crippen LogP contribution in [0.1, 0.15) is 406 Å². The van der Waals surface area contributed by atoms with E-state index in [2.05, 4.69) is 69.4 Å². The molecule has 83 heavy (non-hydrogen) atoms. The standard InChI is InChI=1S/C77H142O6/c1-4-7-10-13-16-19-22-25-28-31-32-33-34-35-36-37-38-39-40-41-42-43-44-47-49-52-55-58-61-64-67-70-76(79)82-73-74(83-77(80)71-68-65-62-59-56-53-50-46-30-27-24-21-18-15-12-9-6-3)72-81-75(78)69-66-63-60-57-54-51-48-45-29-26-23-20-17-14-11-8-5-2/h9,12,18,21,27,30-32,74H,4-8,10-11,13-17,19-20,22-26,28-29,33-73H2,1-3H3/b12-9-,21-18-,30-27-,32-31-. The van der Waals surface area contributed by atoms with Gasteiger partial charge in [-0.2, -0.15) is 0 Å². The van der Waals surface area contributed by atoms with Gasteiger partial charge in [0.05, 0.1) is 0 Å². The number of hydrogen-bond donors (Lipinski definition) is 0. The topological polar surface area (TPSA) is 78.9 Å². The van der Waals surface area contributed by atoms with E-state index in [1.807, 2.05) is 0 Å². The molecule has 0 aromatic heterocycles. The molecule has 0 radical (unpaired) electrons. The third-order valence-electron chi connectivity index (χ3n) is 16.8. The minimum atomic E-state index is -0.777. The molecular weight excluding hydrogens is 1020 g/mol. The Kier molecular flexibility index (Phi) is 69.6. The van der Waals surface area contributed by atoms with Gasteiger partial charge < -0.3 is 14.2 Å². The maximum absolute atomic E-state index is 12.9. The van der Waals surface area contributed by atoms with Crippen molar-refractivity contribution >= 4 is 17.9 Å². The molecule has 0 aliphatic rings. The molecule has 0 aliphatic carbocycles. The monoisotopic (exact) mass is 1160 g/mol. The van der Waals surface area contributed by atoms with E-state index in [9.17, 15) is 14.4 Å². The normalized spacial score (nSPS) is 12.3. The highest BCUT2D eigenvalue weighted by Crippen LogP contribution is 2.19. The Bertz CT molecular complexity index is 1430. The Labute approximate surface area is 518 Å². The van der Waals surface area contributed by atoms with Crippen molar-refractivity contribution in [3.05, 3.63) is 48.6 Å². The maximum atomic E-state index is 12.9. The van der Waals surface area contributed by atoms with Crippen LogP contribution in [0.15, 0.2) is 48.6 Å². The lowest BCUT2D eigenvalue weighted by Gasteiger charge is -2.18. The number of allylic oxidation sites excluding steroid dienone is 8. The zero-order valence-corrected chi connectivity index (χ0v) is 56.0. The van der Waals surface area contributed by atoms with Crippen LogP contribution in [-0.2, 0) is 28.6 Å². The van der Waals surface area contributed by atoms with Crippen molar-refractivity contribution < 1.29 is 28.6 Å². The van der Waals surface area contributed by atoms with Gasteiger partial charge in [0.2, 0.25) is 0 Å².